The zero-order chi connectivity index (χ0) is 19.4. The van der Waals surface area contributed by atoms with Gasteiger partial charge in [0.15, 0.2) is 5.69 Å². The van der Waals surface area contributed by atoms with E-state index in [4.69, 9.17) is 5.11 Å². The lowest BCUT2D eigenvalue weighted by Crippen LogP contribution is -2.33. The van der Waals surface area contributed by atoms with Gasteiger partial charge in [0, 0.05) is 12.1 Å². The first-order valence-electron chi connectivity index (χ1n) is 7.81. The summed E-state index contributed by atoms with van der Waals surface area (Å²) >= 11 is 0. The van der Waals surface area contributed by atoms with Gasteiger partial charge in [0.05, 0.1) is 12.1 Å². The number of halogens is 3. The SMILES string of the molecule is CC[C@@H](C)N1Cc2c(n(CC(=O)O)c3cc(C(F)(F)F)nn3c2=O)C1=O. The number of nitrogens with zero attached hydrogens (tertiary/aromatic N) is 4. The van der Waals surface area contributed by atoms with Crippen LogP contribution in [0.1, 0.15) is 42.0 Å². The summed E-state index contributed by atoms with van der Waals surface area (Å²) in [5, 5.41) is 12.4. The highest BCUT2D eigenvalue weighted by Crippen LogP contribution is 2.30. The molecule has 0 saturated carbocycles. The minimum absolute atomic E-state index is 0.0547. The number of aliphatic carboxylic acids is 1. The van der Waals surface area contributed by atoms with Gasteiger partial charge in [-0.15, -0.1) is 0 Å². The second-order valence-corrected chi connectivity index (χ2v) is 6.10. The lowest BCUT2D eigenvalue weighted by Gasteiger charge is -2.22. The Balaban J connectivity index is 2.32. The molecule has 2 aromatic rings. The monoisotopic (exact) mass is 372 g/mol. The van der Waals surface area contributed by atoms with Gasteiger partial charge in [-0.2, -0.15) is 22.8 Å². The van der Waals surface area contributed by atoms with Crippen LogP contribution in [0.3, 0.4) is 0 Å². The Morgan fingerprint density at radius 3 is 2.58 bits per heavy atom. The van der Waals surface area contributed by atoms with Crippen molar-refractivity contribution in [3.8, 4) is 0 Å². The third kappa shape index (κ3) is 2.63. The first-order valence-corrected chi connectivity index (χ1v) is 7.81. The number of carboxylic acids is 1. The highest BCUT2D eigenvalue weighted by molar-refractivity contribution is 5.97. The Bertz CT molecular complexity index is 976. The van der Waals surface area contributed by atoms with Gasteiger partial charge in [-0.1, -0.05) is 6.92 Å². The third-order valence-corrected chi connectivity index (χ3v) is 4.47. The molecule has 0 bridgehead atoms. The highest BCUT2D eigenvalue weighted by Gasteiger charge is 2.39. The van der Waals surface area contributed by atoms with Crippen molar-refractivity contribution in [2.75, 3.05) is 0 Å². The minimum atomic E-state index is -4.81. The van der Waals surface area contributed by atoms with Crippen LogP contribution in [0.5, 0.6) is 0 Å². The van der Waals surface area contributed by atoms with Gasteiger partial charge < -0.3 is 14.6 Å². The van der Waals surface area contributed by atoms with Gasteiger partial charge in [0.2, 0.25) is 0 Å². The molecule has 0 aromatic carbocycles. The van der Waals surface area contributed by atoms with Crippen molar-refractivity contribution >= 4 is 17.5 Å². The largest absolute Gasteiger partial charge is 0.480 e. The van der Waals surface area contributed by atoms with Gasteiger partial charge in [-0.3, -0.25) is 14.4 Å². The van der Waals surface area contributed by atoms with Crippen LogP contribution in [0.4, 0.5) is 13.2 Å². The number of aromatic nitrogens is 3. The maximum Gasteiger partial charge on any atom is 0.435 e. The fourth-order valence-corrected chi connectivity index (χ4v) is 2.99. The van der Waals surface area contributed by atoms with Crippen molar-refractivity contribution in [2.45, 2.75) is 45.6 Å². The van der Waals surface area contributed by atoms with Gasteiger partial charge in [0.25, 0.3) is 11.5 Å². The molecule has 0 aliphatic carbocycles. The fraction of sp³-hybridized carbons (Fsp3) is 0.467. The Morgan fingerprint density at radius 1 is 1.38 bits per heavy atom. The standard InChI is InChI=1S/C15H15F3N4O4/c1-3-7(2)20-5-8-12(14(20)26)21(6-11(23)24)10-4-9(15(16,17)18)19-22(10)13(8)25/h4,7H,3,5-6H2,1-2H3,(H,23,24)/t7-/m1/s1. The second-order valence-electron chi connectivity index (χ2n) is 6.10. The quantitative estimate of drug-likeness (QED) is 0.874. The zero-order valence-electron chi connectivity index (χ0n) is 13.9. The van der Waals surface area contributed by atoms with Gasteiger partial charge in [-0.25, -0.2) is 0 Å². The van der Waals surface area contributed by atoms with Crippen LogP contribution in [0, 0.1) is 0 Å². The molecule has 140 valence electrons. The molecule has 0 radical (unpaired) electrons. The second kappa shape index (κ2) is 5.85. The molecule has 0 spiro atoms. The number of amides is 1. The normalized spacial score (nSPS) is 15.6. The molecule has 0 saturated heterocycles. The van der Waals surface area contributed by atoms with Crippen LogP contribution >= 0.6 is 0 Å². The summed E-state index contributed by atoms with van der Waals surface area (Å²) in [6.45, 7) is 2.74. The molecule has 8 nitrogen and oxygen atoms in total. The van der Waals surface area contributed by atoms with E-state index in [1.807, 2.05) is 6.92 Å². The van der Waals surface area contributed by atoms with Crippen LogP contribution < -0.4 is 5.56 Å². The highest BCUT2D eigenvalue weighted by atomic mass is 19.4. The average Bonchev–Trinajstić information content (AvgIpc) is 3.13. The van der Waals surface area contributed by atoms with E-state index in [-0.39, 0.29) is 29.5 Å². The molecule has 3 rings (SSSR count). The Morgan fingerprint density at radius 2 is 2.04 bits per heavy atom. The molecular formula is C15H15F3N4O4. The van der Waals surface area contributed by atoms with Gasteiger partial charge in [0.1, 0.15) is 17.9 Å². The Hall–Kier alpha value is -2.85. The molecule has 3 heterocycles. The van der Waals surface area contributed by atoms with E-state index in [9.17, 15) is 27.6 Å². The molecule has 1 atom stereocenters. The molecule has 1 aliphatic heterocycles. The van der Waals surface area contributed by atoms with Crippen LogP contribution in [-0.2, 0) is 24.1 Å². The van der Waals surface area contributed by atoms with E-state index in [1.54, 1.807) is 6.92 Å². The lowest BCUT2D eigenvalue weighted by atomic mass is 10.2. The van der Waals surface area contributed by atoms with E-state index in [0.717, 1.165) is 4.57 Å². The molecule has 1 amide bonds. The van der Waals surface area contributed by atoms with Crippen LogP contribution in [0.25, 0.3) is 5.65 Å². The number of rotatable bonds is 4. The fourth-order valence-electron chi connectivity index (χ4n) is 2.99. The van der Waals surface area contributed by atoms with Crippen LogP contribution in [0.15, 0.2) is 10.9 Å². The summed E-state index contributed by atoms with van der Waals surface area (Å²) in [5.74, 6) is -1.94. The van der Waals surface area contributed by atoms with E-state index in [2.05, 4.69) is 5.10 Å². The summed E-state index contributed by atoms with van der Waals surface area (Å²) in [4.78, 5) is 37.9. The number of hydrogen-bond acceptors (Lipinski definition) is 4. The topological polar surface area (TPSA) is 96.9 Å². The zero-order valence-corrected chi connectivity index (χ0v) is 13.9. The van der Waals surface area contributed by atoms with Crippen molar-refractivity contribution in [2.24, 2.45) is 0 Å². The van der Waals surface area contributed by atoms with E-state index in [0.29, 0.717) is 17.0 Å². The summed E-state index contributed by atoms with van der Waals surface area (Å²) in [6, 6.07) is 0.356. The number of hydrogen-bond donors (Lipinski definition) is 1. The number of carbonyl (C=O) groups excluding carboxylic acids is 1. The minimum Gasteiger partial charge on any atom is -0.480 e. The number of carbonyl (C=O) groups is 2. The van der Waals surface area contributed by atoms with Crippen molar-refractivity contribution in [1.82, 2.24) is 19.1 Å². The van der Waals surface area contributed by atoms with E-state index < -0.39 is 35.9 Å². The number of carboxylic acid groups (broad SMARTS) is 1. The molecular weight excluding hydrogens is 357 g/mol. The molecule has 26 heavy (non-hydrogen) atoms. The first-order chi connectivity index (χ1) is 12.1. The Labute approximate surface area is 144 Å². The summed E-state index contributed by atoms with van der Waals surface area (Å²) in [5.41, 5.74) is -2.82. The van der Waals surface area contributed by atoms with Crippen molar-refractivity contribution in [3.63, 3.8) is 0 Å². The third-order valence-electron chi connectivity index (χ3n) is 4.47. The molecule has 1 aliphatic rings. The number of fused-ring (bicyclic) bond motifs is 2. The predicted molar refractivity (Wildman–Crippen MR) is 81.7 cm³/mol. The summed E-state index contributed by atoms with van der Waals surface area (Å²) < 4.78 is 40.3. The molecule has 1 N–H and O–H groups in total. The summed E-state index contributed by atoms with van der Waals surface area (Å²) in [7, 11) is 0. The van der Waals surface area contributed by atoms with E-state index in [1.165, 1.54) is 4.90 Å². The maximum absolute atomic E-state index is 13.0. The van der Waals surface area contributed by atoms with Crippen LogP contribution in [0.2, 0.25) is 0 Å². The summed E-state index contributed by atoms with van der Waals surface area (Å²) in [6.07, 6.45) is -4.21. The predicted octanol–water partition coefficient (Wildman–Crippen LogP) is 1.35. The molecule has 11 heteroatoms. The van der Waals surface area contributed by atoms with Crippen molar-refractivity contribution in [3.05, 3.63) is 33.4 Å². The maximum atomic E-state index is 13.0. The Kier molecular flexibility index (Phi) is 4.04. The van der Waals surface area contributed by atoms with Crippen LogP contribution in [-0.4, -0.2) is 42.1 Å². The van der Waals surface area contributed by atoms with Crippen molar-refractivity contribution in [1.29, 1.82) is 0 Å². The molecule has 0 unspecified atom stereocenters. The average molecular weight is 372 g/mol. The van der Waals surface area contributed by atoms with Gasteiger partial charge in [-0.05, 0) is 13.3 Å². The van der Waals surface area contributed by atoms with E-state index >= 15 is 0 Å². The van der Waals surface area contributed by atoms with Crippen molar-refractivity contribution < 1.29 is 27.9 Å². The van der Waals surface area contributed by atoms with Gasteiger partial charge >= 0.3 is 12.1 Å². The first kappa shape index (κ1) is 18.0. The smallest absolute Gasteiger partial charge is 0.435 e. The number of alkyl halides is 3. The molecule has 2 aromatic heterocycles. The molecule has 0 fully saturated rings. The lowest BCUT2D eigenvalue weighted by molar-refractivity contribution is -0.141.